The lowest BCUT2D eigenvalue weighted by Crippen LogP contribution is -2.32. The third-order valence-electron chi connectivity index (χ3n) is 5.04. The molecule has 2 aromatic rings. The molecule has 0 N–H and O–H groups in total. The van der Waals surface area contributed by atoms with Crippen LogP contribution in [0.2, 0.25) is 0 Å². The van der Waals surface area contributed by atoms with Crippen LogP contribution in [0.25, 0.3) is 0 Å². The summed E-state index contributed by atoms with van der Waals surface area (Å²) in [5.74, 6) is 0.385. The Morgan fingerprint density at radius 3 is 2.16 bits per heavy atom. The molecule has 0 radical (unpaired) electrons. The van der Waals surface area contributed by atoms with Gasteiger partial charge in [0.15, 0.2) is 0 Å². The van der Waals surface area contributed by atoms with E-state index in [-0.39, 0.29) is 17.7 Å². The molecule has 0 saturated heterocycles. The van der Waals surface area contributed by atoms with Crippen LogP contribution >= 0.6 is 0 Å². The van der Waals surface area contributed by atoms with Crippen LogP contribution in [0.3, 0.4) is 0 Å². The topological polar surface area (TPSA) is 40.6 Å². The Balaban J connectivity index is 1.73. The molecule has 1 saturated carbocycles. The molecule has 1 aliphatic carbocycles. The van der Waals surface area contributed by atoms with Crippen molar-refractivity contribution in [3.05, 3.63) is 59.7 Å². The molecule has 2 aliphatic rings. The third kappa shape index (κ3) is 2.93. The number of anilines is 2. The minimum atomic E-state index is 0.00581. The van der Waals surface area contributed by atoms with Gasteiger partial charge >= 0.3 is 0 Å². The Kier molecular flexibility index (Phi) is 4.04. The Hall–Kier alpha value is -2.62. The van der Waals surface area contributed by atoms with Crippen molar-refractivity contribution in [2.75, 3.05) is 22.9 Å². The number of carbonyl (C=O) groups excluding carboxylic acids is 2. The van der Waals surface area contributed by atoms with E-state index in [0.29, 0.717) is 13.1 Å². The Bertz CT molecular complexity index is 826. The maximum atomic E-state index is 13.2. The second kappa shape index (κ2) is 6.36. The molecule has 0 aromatic heterocycles. The van der Waals surface area contributed by atoms with Crippen LogP contribution < -0.4 is 9.80 Å². The Labute approximate surface area is 148 Å². The van der Waals surface area contributed by atoms with Gasteiger partial charge in [0.25, 0.3) is 5.91 Å². The zero-order valence-corrected chi connectivity index (χ0v) is 14.4. The summed E-state index contributed by atoms with van der Waals surface area (Å²) in [7, 11) is 0. The minimum absolute atomic E-state index is 0.00581. The predicted octanol–water partition coefficient (Wildman–Crippen LogP) is 3.79. The van der Waals surface area contributed by atoms with E-state index < -0.39 is 0 Å². The molecule has 0 atom stereocenters. The number of aryl methyl sites for hydroxylation is 1. The van der Waals surface area contributed by atoms with E-state index in [0.717, 1.165) is 41.8 Å². The van der Waals surface area contributed by atoms with Gasteiger partial charge in [-0.05, 0) is 49.9 Å². The predicted molar refractivity (Wildman–Crippen MR) is 99.0 cm³/mol. The van der Waals surface area contributed by atoms with Crippen LogP contribution in [0.1, 0.15) is 35.2 Å². The first kappa shape index (κ1) is 15.9. The fourth-order valence-corrected chi connectivity index (χ4v) is 3.50. The highest BCUT2D eigenvalue weighted by Gasteiger charge is 2.36. The van der Waals surface area contributed by atoms with Gasteiger partial charge < -0.3 is 9.80 Å². The summed E-state index contributed by atoms with van der Waals surface area (Å²) in [6.07, 6.45) is 2.76. The van der Waals surface area contributed by atoms with Gasteiger partial charge in [-0.2, -0.15) is 0 Å². The van der Waals surface area contributed by atoms with Gasteiger partial charge in [0, 0.05) is 24.6 Å². The van der Waals surface area contributed by atoms with E-state index in [4.69, 9.17) is 0 Å². The number of rotatable bonds is 2. The first-order valence-corrected chi connectivity index (χ1v) is 8.95. The molecular weight excluding hydrogens is 312 g/mol. The van der Waals surface area contributed by atoms with Gasteiger partial charge in [-0.3, -0.25) is 9.59 Å². The summed E-state index contributed by atoms with van der Waals surface area (Å²) in [6, 6.07) is 15.4. The number of fused-ring (bicyclic) bond motifs is 1. The number of hydrogen-bond donors (Lipinski definition) is 0. The fraction of sp³-hybridized carbons (Fsp3) is 0.333. The van der Waals surface area contributed by atoms with Crippen LogP contribution in [0, 0.1) is 12.8 Å². The van der Waals surface area contributed by atoms with Crippen molar-refractivity contribution in [2.45, 2.75) is 26.2 Å². The molecule has 2 amide bonds. The standard InChI is InChI=1S/C21H22N2O2/c1-15-7-2-3-8-17(15)21(25)23-14-6-13-22(20(24)16-11-12-16)18-9-4-5-10-19(18)23/h2-5,7-10,16H,6,11-14H2,1H3. The quantitative estimate of drug-likeness (QED) is 0.838. The van der Waals surface area contributed by atoms with Crippen LogP contribution in [0.15, 0.2) is 48.5 Å². The second-order valence-electron chi connectivity index (χ2n) is 6.88. The van der Waals surface area contributed by atoms with E-state index in [9.17, 15) is 9.59 Å². The van der Waals surface area contributed by atoms with Gasteiger partial charge in [0.05, 0.1) is 11.4 Å². The Morgan fingerprint density at radius 1 is 0.880 bits per heavy atom. The molecule has 128 valence electrons. The molecule has 0 bridgehead atoms. The first-order chi connectivity index (χ1) is 12.2. The number of nitrogens with zero attached hydrogens (tertiary/aromatic N) is 2. The zero-order chi connectivity index (χ0) is 17.4. The molecule has 2 aromatic carbocycles. The minimum Gasteiger partial charge on any atom is -0.310 e. The smallest absolute Gasteiger partial charge is 0.258 e. The molecule has 1 heterocycles. The molecule has 25 heavy (non-hydrogen) atoms. The number of para-hydroxylation sites is 2. The fourth-order valence-electron chi connectivity index (χ4n) is 3.50. The van der Waals surface area contributed by atoms with Crippen LogP contribution in [-0.4, -0.2) is 24.9 Å². The molecule has 1 fully saturated rings. The summed E-state index contributed by atoms with van der Waals surface area (Å²) in [6.45, 7) is 3.25. The molecule has 0 unspecified atom stereocenters. The largest absolute Gasteiger partial charge is 0.310 e. The Morgan fingerprint density at radius 2 is 1.48 bits per heavy atom. The first-order valence-electron chi connectivity index (χ1n) is 8.95. The van der Waals surface area contributed by atoms with Crippen molar-refractivity contribution in [2.24, 2.45) is 5.92 Å². The highest BCUT2D eigenvalue weighted by Crippen LogP contribution is 2.38. The lowest BCUT2D eigenvalue weighted by Gasteiger charge is -2.26. The van der Waals surface area contributed by atoms with Gasteiger partial charge in [-0.1, -0.05) is 30.3 Å². The van der Waals surface area contributed by atoms with Crippen molar-refractivity contribution in [3.63, 3.8) is 0 Å². The highest BCUT2D eigenvalue weighted by molar-refractivity contribution is 6.10. The van der Waals surface area contributed by atoms with Crippen molar-refractivity contribution >= 4 is 23.2 Å². The zero-order valence-electron chi connectivity index (χ0n) is 14.4. The summed E-state index contributed by atoms with van der Waals surface area (Å²) in [5.41, 5.74) is 3.39. The summed E-state index contributed by atoms with van der Waals surface area (Å²) in [5, 5.41) is 0. The monoisotopic (exact) mass is 334 g/mol. The van der Waals surface area contributed by atoms with Crippen molar-refractivity contribution < 1.29 is 9.59 Å². The highest BCUT2D eigenvalue weighted by atomic mass is 16.2. The molecule has 4 heteroatoms. The molecule has 1 aliphatic heterocycles. The number of hydrogen-bond acceptors (Lipinski definition) is 2. The van der Waals surface area contributed by atoms with Crippen molar-refractivity contribution in [3.8, 4) is 0 Å². The second-order valence-corrected chi connectivity index (χ2v) is 6.88. The van der Waals surface area contributed by atoms with Crippen LogP contribution in [0.5, 0.6) is 0 Å². The summed E-state index contributed by atoms with van der Waals surface area (Å²) in [4.78, 5) is 29.6. The number of carbonyl (C=O) groups is 2. The third-order valence-corrected chi connectivity index (χ3v) is 5.04. The van der Waals surface area contributed by atoms with Crippen molar-refractivity contribution in [1.29, 1.82) is 0 Å². The average molecular weight is 334 g/mol. The number of amides is 2. The lowest BCUT2D eigenvalue weighted by molar-refractivity contribution is -0.119. The SMILES string of the molecule is Cc1ccccc1C(=O)N1CCCN(C(=O)C2CC2)c2ccccc21. The van der Waals surface area contributed by atoms with E-state index in [1.807, 2.05) is 65.3 Å². The van der Waals surface area contributed by atoms with Gasteiger partial charge in [-0.15, -0.1) is 0 Å². The van der Waals surface area contributed by atoms with E-state index in [1.54, 1.807) is 0 Å². The molecule has 4 nitrogen and oxygen atoms in total. The van der Waals surface area contributed by atoms with Crippen molar-refractivity contribution in [1.82, 2.24) is 0 Å². The van der Waals surface area contributed by atoms with E-state index >= 15 is 0 Å². The van der Waals surface area contributed by atoms with Crippen LogP contribution in [-0.2, 0) is 4.79 Å². The summed E-state index contributed by atoms with van der Waals surface area (Å²) >= 11 is 0. The lowest BCUT2D eigenvalue weighted by atomic mass is 10.1. The van der Waals surface area contributed by atoms with Crippen LogP contribution in [0.4, 0.5) is 11.4 Å². The molecule has 4 rings (SSSR count). The maximum absolute atomic E-state index is 13.2. The molecule has 0 spiro atoms. The van der Waals surface area contributed by atoms with Gasteiger partial charge in [0.1, 0.15) is 0 Å². The average Bonchev–Trinajstić information content (AvgIpc) is 3.47. The van der Waals surface area contributed by atoms with E-state index in [1.165, 1.54) is 0 Å². The molecular formula is C21H22N2O2. The normalized spacial score (nSPS) is 17.0. The number of benzene rings is 2. The van der Waals surface area contributed by atoms with E-state index in [2.05, 4.69) is 0 Å². The van der Waals surface area contributed by atoms with Gasteiger partial charge in [0.2, 0.25) is 5.91 Å². The van der Waals surface area contributed by atoms with Gasteiger partial charge in [-0.25, -0.2) is 0 Å². The maximum Gasteiger partial charge on any atom is 0.258 e. The summed E-state index contributed by atoms with van der Waals surface area (Å²) < 4.78 is 0.